The van der Waals surface area contributed by atoms with Gasteiger partial charge in [-0.2, -0.15) is 0 Å². The Morgan fingerprint density at radius 1 is 1.07 bits per heavy atom. The molecular weight excluding hydrogens is 368 g/mol. The van der Waals surface area contributed by atoms with Gasteiger partial charge in [0.15, 0.2) is 5.78 Å². The molecule has 0 aliphatic rings. The van der Waals surface area contributed by atoms with Gasteiger partial charge in [0.25, 0.3) is 0 Å². The standard InChI is InChI=1S/C23H18N2O2S/c1-2-27-18-11-9-17(10-12-18)22(26)19(14-16-6-5-13-24-15-16)23-25-20-7-3-4-8-21(20)28-23/h3-15H,2H2,1H3/b19-14-. The van der Waals surface area contributed by atoms with Crippen LogP contribution in [0.5, 0.6) is 5.75 Å². The van der Waals surface area contributed by atoms with Crippen LogP contribution in [-0.2, 0) is 0 Å². The van der Waals surface area contributed by atoms with Crippen molar-refractivity contribution in [3.05, 3.63) is 89.2 Å². The first kappa shape index (κ1) is 18.1. The lowest BCUT2D eigenvalue weighted by Crippen LogP contribution is -2.03. The molecule has 0 aliphatic carbocycles. The lowest BCUT2D eigenvalue weighted by Gasteiger charge is -2.07. The summed E-state index contributed by atoms with van der Waals surface area (Å²) in [5.74, 6) is 0.669. The first-order valence-electron chi connectivity index (χ1n) is 9.00. The Bertz CT molecular complexity index is 1100. The number of pyridine rings is 1. The normalized spacial score (nSPS) is 11.5. The van der Waals surface area contributed by atoms with Crippen LogP contribution >= 0.6 is 11.3 Å². The second-order valence-corrected chi connectivity index (χ2v) is 7.15. The molecule has 5 heteroatoms. The predicted molar refractivity (Wildman–Crippen MR) is 114 cm³/mol. The first-order chi connectivity index (χ1) is 13.7. The van der Waals surface area contributed by atoms with Gasteiger partial charge in [-0.3, -0.25) is 9.78 Å². The Morgan fingerprint density at radius 3 is 2.61 bits per heavy atom. The Kier molecular flexibility index (Phi) is 5.26. The second kappa shape index (κ2) is 8.15. The quantitative estimate of drug-likeness (QED) is 0.324. The molecule has 0 atom stereocenters. The van der Waals surface area contributed by atoms with Gasteiger partial charge in [0, 0.05) is 18.0 Å². The van der Waals surface area contributed by atoms with E-state index >= 15 is 0 Å². The summed E-state index contributed by atoms with van der Waals surface area (Å²) in [6, 6.07) is 18.9. The molecule has 4 aromatic rings. The van der Waals surface area contributed by atoms with Crippen LogP contribution in [0.2, 0.25) is 0 Å². The molecule has 0 unspecified atom stereocenters. The molecule has 4 rings (SSSR count). The number of hydrogen-bond donors (Lipinski definition) is 0. The minimum Gasteiger partial charge on any atom is -0.494 e. The zero-order chi connectivity index (χ0) is 19.3. The maximum Gasteiger partial charge on any atom is 0.196 e. The molecule has 2 heterocycles. The van der Waals surface area contributed by atoms with E-state index in [1.807, 2.05) is 61.5 Å². The van der Waals surface area contributed by atoms with Gasteiger partial charge in [-0.15, -0.1) is 11.3 Å². The van der Waals surface area contributed by atoms with Crippen LogP contribution in [0, 0.1) is 0 Å². The van der Waals surface area contributed by atoms with Crippen LogP contribution in [0.15, 0.2) is 73.1 Å². The molecule has 0 aliphatic heterocycles. The van der Waals surface area contributed by atoms with Crippen LogP contribution in [-0.4, -0.2) is 22.4 Å². The van der Waals surface area contributed by atoms with E-state index in [2.05, 4.69) is 9.97 Å². The van der Waals surface area contributed by atoms with Crippen LogP contribution in [0.3, 0.4) is 0 Å². The maximum absolute atomic E-state index is 13.3. The van der Waals surface area contributed by atoms with Crippen molar-refractivity contribution in [1.29, 1.82) is 0 Å². The average Bonchev–Trinajstić information content (AvgIpc) is 3.17. The topological polar surface area (TPSA) is 52.1 Å². The smallest absolute Gasteiger partial charge is 0.196 e. The molecule has 28 heavy (non-hydrogen) atoms. The average molecular weight is 386 g/mol. The molecule has 0 radical (unpaired) electrons. The lowest BCUT2D eigenvalue weighted by molar-refractivity contribution is 0.105. The number of para-hydroxylation sites is 1. The number of aromatic nitrogens is 2. The van der Waals surface area contributed by atoms with E-state index in [4.69, 9.17) is 4.74 Å². The van der Waals surface area contributed by atoms with Crippen molar-refractivity contribution >= 4 is 39.0 Å². The van der Waals surface area contributed by atoms with Crippen molar-refractivity contribution in [2.24, 2.45) is 0 Å². The van der Waals surface area contributed by atoms with E-state index in [1.165, 1.54) is 11.3 Å². The minimum absolute atomic E-state index is 0.0778. The SMILES string of the molecule is CCOc1ccc(C(=O)/C(=C/c2cccnc2)c2nc3ccccc3s2)cc1. The fourth-order valence-electron chi connectivity index (χ4n) is 2.86. The molecule has 0 saturated heterocycles. The van der Waals surface area contributed by atoms with E-state index in [0.29, 0.717) is 22.8 Å². The minimum atomic E-state index is -0.0778. The van der Waals surface area contributed by atoms with Crippen molar-refractivity contribution in [3.63, 3.8) is 0 Å². The summed E-state index contributed by atoms with van der Waals surface area (Å²) in [4.78, 5) is 22.2. The Morgan fingerprint density at radius 2 is 1.89 bits per heavy atom. The zero-order valence-electron chi connectivity index (χ0n) is 15.3. The summed E-state index contributed by atoms with van der Waals surface area (Å²) >= 11 is 1.51. The summed E-state index contributed by atoms with van der Waals surface area (Å²) in [5, 5.41) is 0.698. The molecule has 2 aromatic carbocycles. The highest BCUT2D eigenvalue weighted by Crippen LogP contribution is 2.31. The number of allylic oxidation sites excluding steroid dienone is 1. The number of fused-ring (bicyclic) bond motifs is 1. The number of benzene rings is 2. The monoisotopic (exact) mass is 386 g/mol. The molecule has 0 spiro atoms. The molecule has 0 amide bonds. The van der Waals surface area contributed by atoms with E-state index in [9.17, 15) is 4.79 Å². The molecule has 0 saturated carbocycles. The van der Waals surface area contributed by atoms with E-state index < -0.39 is 0 Å². The summed E-state index contributed by atoms with van der Waals surface area (Å²) in [6.45, 7) is 2.52. The molecule has 138 valence electrons. The Hall–Kier alpha value is -3.31. The van der Waals surface area contributed by atoms with E-state index in [1.54, 1.807) is 24.5 Å². The summed E-state index contributed by atoms with van der Waals surface area (Å²) in [7, 11) is 0. The number of carbonyl (C=O) groups is 1. The van der Waals surface area contributed by atoms with E-state index in [0.717, 1.165) is 21.5 Å². The number of ether oxygens (including phenoxy) is 1. The van der Waals surface area contributed by atoms with Crippen LogP contribution in [0.25, 0.3) is 21.9 Å². The number of rotatable bonds is 6. The number of hydrogen-bond acceptors (Lipinski definition) is 5. The molecule has 4 nitrogen and oxygen atoms in total. The van der Waals surface area contributed by atoms with Crippen molar-refractivity contribution < 1.29 is 9.53 Å². The van der Waals surface area contributed by atoms with Gasteiger partial charge < -0.3 is 4.74 Å². The lowest BCUT2D eigenvalue weighted by atomic mass is 10.0. The van der Waals surface area contributed by atoms with Gasteiger partial charge in [0.05, 0.1) is 22.4 Å². The van der Waals surface area contributed by atoms with Crippen LogP contribution in [0.1, 0.15) is 27.9 Å². The number of thiazole rings is 1. The Balaban J connectivity index is 1.78. The molecule has 0 N–H and O–H groups in total. The van der Waals surface area contributed by atoms with Crippen LogP contribution < -0.4 is 4.74 Å². The number of carbonyl (C=O) groups excluding carboxylic acids is 1. The third-order valence-electron chi connectivity index (χ3n) is 4.19. The fraction of sp³-hybridized carbons (Fsp3) is 0.0870. The van der Waals surface area contributed by atoms with Crippen molar-refractivity contribution in [2.75, 3.05) is 6.61 Å². The van der Waals surface area contributed by atoms with Crippen molar-refractivity contribution in [1.82, 2.24) is 9.97 Å². The summed E-state index contributed by atoms with van der Waals surface area (Å²) in [5.41, 5.74) is 2.89. The summed E-state index contributed by atoms with van der Waals surface area (Å²) < 4.78 is 6.53. The highest BCUT2D eigenvalue weighted by atomic mass is 32.1. The molecule has 0 fully saturated rings. The molecular formula is C23H18N2O2S. The van der Waals surface area contributed by atoms with Crippen molar-refractivity contribution in [3.8, 4) is 5.75 Å². The molecule has 2 aromatic heterocycles. The Labute approximate surface area is 167 Å². The van der Waals surface area contributed by atoms with Gasteiger partial charge in [0.1, 0.15) is 10.8 Å². The summed E-state index contributed by atoms with van der Waals surface area (Å²) in [6.07, 6.45) is 5.30. The highest BCUT2D eigenvalue weighted by molar-refractivity contribution is 7.20. The molecule has 0 bridgehead atoms. The van der Waals surface area contributed by atoms with Crippen molar-refractivity contribution in [2.45, 2.75) is 6.92 Å². The number of nitrogens with zero attached hydrogens (tertiary/aromatic N) is 2. The third kappa shape index (κ3) is 3.85. The van der Waals surface area contributed by atoms with Gasteiger partial charge in [-0.05, 0) is 61.0 Å². The zero-order valence-corrected chi connectivity index (χ0v) is 16.1. The van der Waals surface area contributed by atoms with Gasteiger partial charge in [-0.1, -0.05) is 18.2 Å². The first-order valence-corrected chi connectivity index (χ1v) is 9.81. The highest BCUT2D eigenvalue weighted by Gasteiger charge is 2.18. The van der Waals surface area contributed by atoms with Gasteiger partial charge in [0.2, 0.25) is 0 Å². The second-order valence-electron chi connectivity index (χ2n) is 6.12. The number of ketones is 1. The largest absolute Gasteiger partial charge is 0.494 e. The third-order valence-corrected chi connectivity index (χ3v) is 5.26. The fourth-order valence-corrected chi connectivity index (χ4v) is 3.84. The van der Waals surface area contributed by atoms with Gasteiger partial charge in [-0.25, -0.2) is 4.98 Å². The predicted octanol–water partition coefficient (Wildman–Crippen LogP) is 5.51. The van der Waals surface area contributed by atoms with Crippen LogP contribution in [0.4, 0.5) is 0 Å². The number of Topliss-reactive ketones (excluding diaryl/α,β-unsaturated/α-hetero) is 1. The maximum atomic E-state index is 13.3. The van der Waals surface area contributed by atoms with E-state index in [-0.39, 0.29) is 5.78 Å². The van der Waals surface area contributed by atoms with Gasteiger partial charge >= 0.3 is 0 Å².